The van der Waals surface area contributed by atoms with Crippen molar-refractivity contribution in [1.29, 1.82) is 0 Å². The molecule has 2 saturated carbocycles. The fourth-order valence-corrected chi connectivity index (χ4v) is 7.95. The van der Waals surface area contributed by atoms with Gasteiger partial charge in [-0.2, -0.15) is 0 Å². The van der Waals surface area contributed by atoms with Gasteiger partial charge in [0.05, 0.1) is 7.11 Å². The number of rotatable bonds is 8. The van der Waals surface area contributed by atoms with E-state index >= 15 is 0 Å². The molecule has 1 aromatic carbocycles. The number of ether oxygens (including phenoxy) is 1. The van der Waals surface area contributed by atoms with Gasteiger partial charge in [0.1, 0.15) is 5.75 Å². The first kappa shape index (κ1) is 23.6. The Morgan fingerprint density at radius 1 is 1.09 bits per heavy atom. The number of unbranched alkanes of at least 4 members (excludes halogenated alkanes) is 3. The predicted octanol–water partition coefficient (Wildman–Crippen LogP) is 4.98. The van der Waals surface area contributed by atoms with E-state index in [-0.39, 0.29) is 23.1 Å². The van der Waals surface area contributed by atoms with Crippen molar-refractivity contribution in [2.24, 2.45) is 28.9 Å². The van der Waals surface area contributed by atoms with Gasteiger partial charge in [-0.15, -0.1) is 0 Å². The first-order valence-electron chi connectivity index (χ1n) is 13.4. The lowest BCUT2D eigenvalue weighted by molar-refractivity contribution is -0.137. The lowest BCUT2D eigenvalue weighted by Crippen LogP contribution is -2.43. The number of imide groups is 1. The highest BCUT2D eigenvalue weighted by molar-refractivity contribution is 6.16. The van der Waals surface area contributed by atoms with Gasteiger partial charge in [-0.3, -0.25) is 14.5 Å². The fraction of sp³-hybridized carbons (Fsp3) is 0.655. The number of amides is 2. The van der Waals surface area contributed by atoms with Crippen LogP contribution in [0.2, 0.25) is 0 Å². The van der Waals surface area contributed by atoms with Crippen LogP contribution in [0.15, 0.2) is 29.8 Å². The summed E-state index contributed by atoms with van der Waals surface area (Å²) in [7, 11) is 1.74. The van der Waals surface area contributed by atoms with E-state index in [1.165, 1.54) is 35.3 Å². The van der Waals surface area contributed by atoms with Gasteiger partial charge in [0.15, 0.2) is 0 Å². The molecule has 1 heterocycles. The predicted molar refractivity (Wildman–Crippen MR) is 133 cm³/mol. The molecule has 5 atom stereocenters. The lowest BCUT2D eigenvalue weighted by Gasteiger charge is -2.51. The maximum Gasteiger partial charge on any atom is 0.257 e. The van der Waals surface area contributed by atoms with Crippen molar-refractivity contribution in [2.75, 3.05) is 20.2 Å². The quantitative estimate of drug-likeness (QED) is 0.435. The second-order valence-electron chi connectivity index (χ2n) is 11.3. The molecule has 2 amide bonds. The molecule has 1 aliphatic heterocycles. The van der Waals surface area contributed by atoms with Crippen molar-refractivity contribution in [1.82, 2.24) is 4.90 Å². The summed E-state index contributed by atoms with van der Waals surface area (Å²) >= 11 is 0. The normalized spacial score (nSPS) is 32.3. The Kier molecular flexibility index (Phi) is 6.58. The van der Waals surface area contributed by atoms with Crippen molar-refractivity contribution >= 4 is 11.8 Å². The number of hydrogen-bond donors (Lipinski definition) is 1. The smallest absolute Gasteiger partial charge is 0.257 e. The van der Waals surface area contributed by atoms with Crippen LogP contribution < -0.4 is 10.5 Å². The molecule has 4 aliphatic rings. The first-order chi connectivity index (χ1) is 16.5. The Morgan fingerprint density at radius 2 is 1.91 bits per heavy atom. The van der Waals surface area contributed by atoms with Crippen molar-refractivity contribution in [2.45, 2.75) is 77.0 Å². The Balaban J connectivity index is 1.29. The minimum atomic E-state index is -0.0971. The third-order valence-corrected chi connectivity index (χ3v) is 9.68. The van der Waals surface area contributed by atoms with Gasteiger partial charge in [-0.1, -0.05) is 25.8 Å². The molecule has 5 heteroatoms. The summed E-state index contributed by atoms with van der Waals surface area (Å²) in [5, 5.41) is 0. The number of carbonyl (C=O) groups is 2. The minimum Gasteiger partial charge on any atom is -0.497 e. The maximum absolute atomic E-state index is 13.4. The van der Waals surface area contributed by atoms with Gasteiger partial charge in [-0.05, 0) is 110 Å². The van der Waals surface area contributed by atoms with E-state index in [1.807, 2.05) is 0 Å². The van der Waals surface area contributed by atoms with E-state index < -0.39 is 0 Å². The Labute approximate surface area is 204 Å². The van der Waals surface area contributed by atoms with Crippen LogP contribution in [0.4, 0.5) is 0 Å². The summed E-state index contributed by atoms with van der Waals surface area (Å²) < 4.78 is 5.47. The number of methoxy groups -OCH3 is 1. The van der Waals surface area contributed by atoms with Gasteiger partial charge in [0.2, 0.25) is 0 Å². The van der Waals surface area contributed by atoms with E-state index in [9.17, 15) is 9.59 Å². The topological polar surface area (TPSA) is 72.6 Å². The van der Waals surface area contributed by atoms with Crippen LogP contribution in [0.25, 0.3) is 0 Å². The SMILES string of the molecule is COc1ccc2c(c1)CCC1C2CC[C@@]2(C)C1CC[C@@H]2C1=CC(=O)N(CCCCCCN)C1=O. The molecule has 184 valence electrons. The summed E-state index contributed by atoms with van der Waals surface area (Å²) in [4.78, 5) is 27.6. The van der Waals surface area contributed by atoms with Gasteiger partial charge in [0.25, 0.3) is 11.8 Å². The highest BCUT2D eigenvalue weighted by Crippen LogP contribution is 2.64. The molecule has 34 heavy (non-hydrogen) atoms. The largest absolute Gasteiger partial charge is 0.497 e. The highest BCUT2D eigenvalue weighted by Gasteiger charge is 2.57. The molecule has 5 nitrogen and oxygen atoms in total. The van der Waals surface area contributed by atoms with Gasteiger partial charge < -0.3 is 10.5 Å². The molecule has 0 aromatic heterocycles. The monoisotopic (exact) mass is 464 g/mol. The van der Waals surface area contributed by atoms with E-state index in [4.69, 9.17) is 10.5 Å². The molecule has 5 rings (SSSR count). The van der Waals surface area contributed by atoms with Crippen LogP contribution in [0, 0.1) is 23.2 Å². The Bertz CT molecular complexity index is 986. The summed E-state index contributed by atoms with van der Waals surface area (Å²) in [6.07, 6.45) is 12.5. The highest BCUT2D eigenvalue weighted by atomic mass is 16.5. The molecule has 3 aliphatic carbocycles. The average molecular weight is 465 g/mol. The lowest BCUT2D eigenvalue weighted by atomic mass is 9.53. The van der Waals surface area contributed by atoms with E-state index in [2.05, 4.69) is 25.1 Å². The minimum absolute atomic E-state index is 0.0149. The molecule has 2 fully saturated rings. The van der Waals surface area contributed by atoms with Gasteiger partial charge in [0, 0.05) is 18.2 Å². The fourth-order valence-electron chi connectivity index (χ4n) is 7.95. The number of benzene rings is 1. The number of fused-ring (bicyclic) bond motifs is 5. The van der Waals surface area contributed by atoms with Crippen LogP contribution in [-0.4, -0.2) is 36.9 Å². The number of hydrogen-bond acceptors (Lipinski definition) is 4. The molecule has 1 aromatic rings. The zero-order valence-corrected chi connectivity index (χ0v) is 20.9. The van der Waals surface area contributed by atoms with Crippen molar-refractivity contribution in [3.05, 3.63) is 41.0 Å². The molecular formula is C29H40N2O3. The van der Waals surface area contributed by atoms with Gasteiger partial charge in [-0.25, -0.2) is 0 Å². The molecule has 2 N–H and O–H groups in total. The number of nitrogens with zero attached hydrogens (tertiary/aromatic N) is 1. The van der Waals surface area contributed by atoms with Gasteiger partial charge >= 0.3 is 0 Å². The van der Waals surface area contributed by atoms with Crippen molar-refractivity contribution < 1.29 is 14.3 Å². The molecule has 0 radical (unpaired) electrons. The second-order valence-corrected chi connectivity index (χ2v) is 11.3. The standard InChI is InChI=1S/C29H40N2O3/c1-29-14-13-22-21-10-8-20(34-2)17-19(21)7-9-23(22)25(29)11-12-26(29)24-18-27(32)31(28(24)33)16-6-4-3-5-15-30/h8,10,17-18,22-23,25-26H,3-7,9,11-16,30H2,1-2H3/t22?,23?,25?,26-,29+/m1/s1. The number of nitrogens with two attached hydrogens (primary N) is 1. The average Bonchev–Trinajstić information content (AvgIpc) is 3.33. The zero-order valence-electron chi connectivity index (χ0n) is 20.9. The summed E-state index contributed by atoms with van der Waals surface area (Å²) in [5.74, 6) is 2.98. The van der Waals surface area contributed by atoms with Crippen molar-refractivity contribution in [3.8, 4) is 5.75 Å². The van der Waals surface area contributed by atoms with E-state index in [0.717, 1.165) is 56.3 Å². The maximum atomic E-state index is 13.4. The second kappa shape index (κ2) is 9.49. The van der Waals surface area contributed by atoms with Crippen LogP contribution >= 0.6 is 0 Å². The third-order valence-electron chi connectivity index (χ3n) is 9.68. The van der Waals surface area contributed by atoms with Crippen LogP contribution in [0.1, 0.15) is 81.8 Å². The van der Waals surface area contributed by atoms with Crippen LogP contribution in [0.3, 0.4) is 0 Å². The number of carbonyl (C=O) groups excluding carboxylic acids is 2. The molecule has 0 saturated heterocycles. The zero-order chi connectivity index (χ0) is 23.9. The van der Waals surface area contributed by atoms with Crippen LogP contribution in [0.5, 0.6) is 5.75 Å². The molecule has 3 unspecified atom stereocenters. The molecule has 0 spiro atoms. The summed E-state index contributed by atoms with van der Waals surface area (Å²) in [6, 6.07) is 6.65. The Morgan fingerprint density at radius 3 is 2.71 bits per heavy atom. The molecular weight excluding hydrogens is 424 g/mol. The third kappa shape index (κ3) is 3.90. The number of aryl methyl sites for hydroxylation is 1. The van der Waals surface area contributed by atoms with E-state index in [1.54, 1.807) is 13.2 Å². The van der Waals surface area contributed by atoms with Crippen LogP contribution in [-0.2, 0) is 16.0 Å². The Hall–Kier alpha value is -2.14. The summed E-state index contributed by atoms with van der Waals surface area (Å²) in [6.45, 7) is 3.67. The summed E-state index contributed by atoms with van der Waals surface area (Å²) in [5.41, 5.74) is 9.47. The van der Waals surface area contributed by atoms with E-state index in [0.29, 0.717) is 30.8 Å². The molecule has 0 bridgehead atoms. The van der Waals surface area contributed by atoms with Crippen molar-refractivity contribution in [3.63, 3.8) is 0 Å². The first-order valence-corrected chi connectivity index (χ1v) is 13.4.